The molecule has 2 fully saturated rings. The van der Waals surface area contributed by atoms with Gasteiger partial charge in [0.25, 0.3) is 11.8 Å². The number of hydrogen-bond donors (Lipinski definition) is 1. The van der Waals surface area contributed by atoms with E-state index in [1.54, 1.807) is 18.2 Å². The first-order valence-corrected chi connectivity index (χ1v) is 9.62. The molecule has 7 heteroatoms. The number of ether oxygens (including phenoxy) is 2. The van der Waals surface area contributed by atoms with Gasteiger partial charge in [-0.15, -0.1) is 11.3 Å². The van der Waals surface area contributed by atoms with Crippen LogP contribution in [0.15, 0.2) is 35.7 Å². The predicted molar refractivity (Wildman–Crippen MR) is 95.7 cm³/mol. The molecule has 0 spiro atoms. The first-order chi connectivity index (χ1) is 12.7. The van der Waals surface area contributed by atoms with Gasteiger partial charge in [0.05, 0.1) is 10.9 Å². The molecule has 1 aromatic heterocycles. The third-order valence-electron chi connectivity index (χ3n) is 5.42. The van der Waals surface area contributed by atoms with Crippen LogP contribution < -0.4 is 14.8 Å². The van der Waals surface area contributed by atoms with Gasteiger partial charge in [-0.1, -0.05) is 6.07 Å². The van der Waals surface area contributed by atoms with E-state index in [2.05, 4.69) is 5.32 Å². The Morgan fingerprint density at radius 1 is 1.15 bits per heavy atom. The van der Waals surface area contributed by atoms with Crippen molar-refractivity contribution in [2.24, 2.45) is 5.92 Å². The quantitative estimate of drug-likeness (QED) is 0.902. The third-order valence-corrected chi connectivity index (χ3v) is 6.29. The lowest BCUT2D eigenvalue weighted by atomic mass is 10.0. The van der Waals surface area contributed by atoms with Gasteiger partial charge in [0.1, 0.15) is 0 Å². The van der Waals surface area contributed by atoms with E-state index >= 15 is 0 Å². The molecule has 134 valence electrons. The number of amides is 2. The van der Waals surface area contributed by atoms with Gasteiger partial charge in [-0.2, -0.15) is 0 Å². The summed E-state index contributed by atoms with van der Waals surface area (Å²) in [5.41, 5.74) is 0.602. The van der Waals surface area contributed by atoms with Crippen LogP contribution in [0.4, 0.5) is 0 Å². The first kappa shape index (κ1) is 15.7. The minimum Gasteiger partial charge on any atom is -0.454 e. The molecule has 2 amide bonds. The second-order valence-corrected chi connectivity index (χ2v) is 7.94. The Hall–Kier alpha value is -2.54. The summed E-state index contributed by atoms with van der Waals surface area (Å²) in [6, 6.07) is 9.07. The summed E-state index contributed by atoms with van der Waals surface area (Å²) >= 11 is 1.43. The van der Waals surface area contributed by atoms with Gasteiger partial charge in [-0.25, -0.2) is 0 Å². The lowest BCUT2D eigenvalue weighted by Gasteiger charge is -2.33. The Balaban J connectivity index is 1.32. The number of thiophene rings is 1. The number of rotatable bonds is 3. The highest BCUT2D eigenvalue weighted by molar-refractivity contribution is 7.12. The van der Waals surface area contributed by atoms with Crippen molar-refractivity contribution in [1.82, 2.24) is 10.2 Å². The number of fused-ring (bicyclic) bond motifs is 3. The molecule has 1 aliphatic carbocycles. The molecule has 6 nitrogen and oxygen atoms in total. The van der Waals surface area contributed by atoms with Gasteiger partial charge in [-0.3, -0.25) is 9.59 Å². The lowest BCUT2D eigenvalue weighted by molar-refractivity contribution is 0.0648. The minimum atomic E-state index is -0.0481. The summed E-state index contributed by atoms with van der Waals surface area (Å²) < 4.78 is 10.7. The highest BCUT2D eigenvalue weighted by atomic mass is 32.1. The van der Waals surface area contributed by atoms with Crippen LogP contribution in [0, 0.1) is 5.92 Å². The lowest BCUT2D eigenvalue weighted by Crippen LogP contribution is -2.51. The second kappa shape index (κ2) is 6.02. The molecule has 2 aromatic rings. The zero-order valence-corrected chi connectivity index (χ0v) is 14.8. The van der Waals surface area contributed by atoms with E-state index in [0.29, 0.717) is 27.9 Å². The number of likely N-dealkylation sites (tertiary alicyclic amines) is 1. The fourth-order valence-electron chi connectivity index (χ4n) is 4.26. The van der Waals surface area contributed by atoms with Crippen LogP contribution in [0.25, 0.3) is 0 Å². The summed E-state index contributed by atoms with van der Waals surface area (Å²) in [4.78, 5) is 28.0. The molecule has 1 saturated heterocycles. The summed E-state index contributed by atoms with van der Waals surface area (Å²) in [6.45, 7) is 0.946. The van der Waals surface area contributed by atoms with Crippen molar-refractivity contribution >= 4 is 23.2 Å². The van der Waals surface area contributed by atoms with Crippen molar-refractivity contribution in [2.45, 2.75) is 24.9 Å². The van der Waals surface area contributed by atoms with Gasteiger partial charge in [-0.05, 0) is 48.4 Å². The van der Waals surface area contributed by atoms with Gasteiger partial charge >= 0.3 is 0 Å². The molecular weight excluding hydrogens is 352 g/mol. The highest BCUT2D eigenvalue weighted by Gasteiger charge is 2.47. The number of carbonyl (C=O) groups excluding carboxylic acids is 2. The van der Waals surface area contributed by atoms with Crippen molar-refractivity contribution in [3.8, 4) is 11.5 Å². The Bertz CT molecular complexity index is 866. The Morgan fingerprint density at radius 2 is 2.04 bits per heavy atom. The Labute approximate surface area is 154 Å². The fraction of sp³-hybridized carbons (Fsp3) is 0.368. The van der Waals surface area contributed by atoms with Crippen LogP contribution in [0.1, 0.15) is 32.9 Å². The number of nitrogens with zero attached hydrogens (tertiary/aromatic N) is 1. The standard InChI is InChI=1S/C19H18N2O4S/c22-18(17-2-1-5-26-17)20-13-6-11-7-14(13)21(9-11)19(23)12-3-4-15-16(8-12)25-10-24-15/h1-5,8,11,13-14H,6-7,9-10H2,(H,20,22)/t11-,13+,14-/m1/s1. The van der Waals surface area contributed by atoms with E-state index in [1.807, 2.05) is 22.4 Å². The Kier molecular flexibility index (Phi) is 3.63. The van der Waals surface area contributed by atoms with E-state index in [9.17, 15) is 9.59 Å². The monoisotopic (exact) mass is 370 g/mol. The molecule has 0 radical (unpaired) electrons. The average molecular weight is 370 g/mol. The van der Waals surface area contributed by atoms with Crippen LogP contribution in [0.3, 0.4) is 0 Å². The fourth-order valence-corrected chi connectivity index (χ4v) is 4.88. The van der Waals surface area contributed by atoms with Crippen LogP contribution in [-0.4, -0.2) is 42.1 Å². The van der Waals surface area contributed by atoms with Crippen molar-refractivity contribution in [1.29, 1.82) is 0 Å². The van der Waals surface area contributed by atoms with E-state index in [0.717, 1.165) is 19.4 Å². The summed E-state index contributed by atoms with van der Waals surface area (Å²) in [5, 5.41) is 5.02. The van der Waals surface area contributed by atoms with Gasteiger partial charge in [0.15, 0.2) is 11.5 Å². The molecule has 3 heterocycles. The first-order valence-electron chi connectivity index (χ1n) is 8.74. The summed E-state index contributed by atoms with van der Waals surface area (Å²) in [7, 11) is 0. The SMILES string of the molecule is O=C(N[C@H]1C[C@@H]2C[C@H]1N(C(=O)c1ccc3c(c1)OCO3)C2)c1cccs1. The van der Waals surface area contributed by atoms with Gasteiger partial charge < -0.3 is 19.7 Å². The molecule has 5 rings (SSSR count). The van der Waals surface area contributed by atoms with E-state index in [-0.39, 0.29) is 30.7 Å². The number of benzene rings is 1. The number of nitrogens with one attached hydrogen (secondary N) is 1. The Morgan fingerprint density at radius 3 is 2.85 bits per heavy atom. The third kappa shape index (κ3) is 2.54. The zero-order valence-electron chi connectivity index (χ0n) is 14.0. The predicted octanol–water partition coefficient (Wildman–Crippen LogP) is 2.51. The maximum absolute atomic E-state index is 13.0. The molecule has 26 heavy (non-hydrogen) atoms. The van der Waals surface area contributed by atoms with Crippen LogP contribution >= 0.6 is 11.3 Å². The number of piperidine rings is 1. The molecule has 3 atom stereocenters. The molecule has 1 N–H and O–H groups in total. The number of carbonyl (C=O) groups is 2. The van der Waals surface area contributed by atoms with Gasteiger partial charge in [0.2, 0.25) is 6.79 Å². The second-order valence-electron chi connectivity index (χ2n) is 6.99. The average Bonchev–Trinajstić information content (AvgIpc) is 3.43. The highest BCUT2D eigenvalue weighted by Crippen LogP contribution is 2.40. The topological polar surface area (TPSA) is 67.9 Å². The maximum atomic E-state index is 13.0. The molecule has 1 aromatic carbocycles. The zero-order chi connectivity index (χ0) is 17.7. The molecular formula is C19H18N2O4S. The number of hydrogen-bond acceptors (Lipinski definition) is 5. The molecule has 1 saturated carbocycles. The molecule has 3 aliphatic rings. The van der Waals surface area contributed by atoms with E-state index < -0.39 is 0 Å². The van der Waals surface area contributed by atoms with Crippen LogP contribution in [0.2, 0.25) is 0 Å². The van der Waals surface area contributed by atoms with Crippen molar-refractivity contribution in [3.05, 3.63) is 46.2 Å². The molecule has 2 aliphatic heterocycles. The van der Waals surface area contributed by atoms with Crippen LogP contribution in [0.5, 0.6) is 11.5 Å². The summed E-state index contributed by atoms with van der Waals surface area (Å²) in [6.07, 6.45) is 1.89. The molecule has 0 unspecified atom stereocenters. The van der Waals surface area contributed by atoms with Crippen molar-refractivity contribution < 1.29 is 19.1 Å². The smallest absolute Gasteiger partial charge is 0.261 e. The van der Waals surface area contributed by atoms with Gasteiger partial charge in [0, 0.05) is 18.2 Å². The van der Waals surface area contributed by atoms with E-state index in [4.69, 9.17) is 9.47 Å². The largest absolute Gasteiger partial charge is 0.454 e. The molecule has 2 bridgehead atoms. The summed E-state index contributed by atoms with van der Waals surface area (Å²) in [5.74, 6) is 1.68. The minimum absolute atomic E-state index is 0.00845. The normalized spacial score (nSPS) is 25.5. The van der Waals surface area contributed by atoms with Crippen molar-refractivity contribution in [3.63, 3.8) is 0 Å². The maximum Gasteiger partial charge on any atom is 0.261 e. The van der Waals surface area contributed by atoms with E-state index in [1.165, 1.54) is 11.3 Å². The van der Waals surface area contributed by atoms with Crippen molar-refractivity contribution in [2.75, 3.05) is 13.3 Å². The van der Waals surface area contributed by atoms with Crippen LogP contribution in [-0.2, 0) is 0 Å².